The number of rotatable bonds is 1. The molecular formula is C17H19NO4S. The molecule has 1 saturated heterocycles. The van der Waals surface area contributed by atoms with Gasteiger partial charge in [0.2, 0.25) is 0 Å². The molecule has 4 rings (SSSR count). The first-order chi connectivity index (χ1) is 11.2. The van der Waals surface area contributed by atoms with Gasteiger partial charge >= 0.3 is 0 Å². The Hall–Kier alpha value is -1.57. The second-order valence-corrected chi connectivity index (χ2v) is 6.42. The topological polar surface area (TPSA) is 82.0 Å². The molecule has 0 spiro atoms. The molecule has 1 fully saturated rings. The van der Waals surface area contributed by atoms with E-state index in [0.717, 1.165) is 0 Å². The van der Waals surface area contributed by atoms with Crippen molar-refractivity contribution in [3.05, 3.63) is 48.5 Å². The van der Waals surface area contributed by atoms with Crippen molar-refractivity contribution in [2.75, 3.05) is 18.5 Å². The van der Waals surface area contributed by atoms with Gasteiger partial charge in [-0.05, 0) is 24.3 Å². The Morgan fingerprint density at radius 2 is 1.57 bits per heavy atom. The number of aliphatic hydroxyl groups excluding tert-OH is 3. The average molecular weight is 333 g/mol. The van der Waals surface area contributed by atoms with Gasteiger partial charge in [0.25, 0.3) is 0 Å². The quantitative estimate of drug-likeness (QED) is 0.545. The van der Waals surface area contributed by atoms with Crippen molar-refractivity contribution in [2.24, 2.45) is 0 Å². The van der Waals surface area contributed by atoms with Crippen molar-refractivity contribution in [2.45, 2.75) is 28.1 Å². The zero-order valence-corrected chi connectivity index (χ0v) is 13.2. The van der Waals surface area contributed by atoms with E-state index in [1.807, 2.05) is 11.8 Å². The molecule has 0 bridgehead atoms. The first kappa shape index (κ1) is 16.3. The van der Waals surface area contributed by atoms with Gasteiger partial charge in [0.1, 0.15) is 18.3 Å². The molecule has 2 aromatic rings. The Kier molecular flexibility index (Phi) is 5.20. The Bertz CT molecular complexity index is 579. The lowest BCUT2D eigenvalue weighted by atomic mass is 10.2. The lowest BCUT2D eigenvalue weighted by Crippen LogP contribution is -2.31. The van der Waals surface area contributed by atoms with Crippen LogP contribution in [-0.2, 0) is 4.74 Å². The van der Waals surface area contributed by atoms with Gasteiger partial charge in [-0.3, -0.25) is 0 Å². The lowest BCUT2D eigenvalue weighted by Gasteiger charge is -2.19. The van der Waals surface area contributed by atoms with E-state index in [1.54, 1.807) is 0 Å². The van der Waals surface area contributed by atoms with Gasteiger partial charge in [-0.25, -0.2) is 0 Å². The fraction of sp³-hybridized carbons (Fsp3) is 0.294. The Morgan fingerprint density at radius 3 is 2.00 bits per heavy atom. The maximum absolute atomic E-state index is 8.92. The molecule has 5 nitrogen and oxygen atoms in total. The molecule has 6 heteroatoms. The number of anilines is 2. The summed E-state index contributed by atoms with van der Waals surface area (Å²) in [5.74, 6) is 0. The van der Waals surface area contributed by atoms with Crippen LogP contribution in [0.3, 0.4) is 0 Å². The molecule has 23 heavy (non-hydrogen) atoms. The summed E-state index contributed by atoms with van der Waals surface area (Å²) < 4.78 is 4.78. The van der Waals surface area contributed by atoms with Crippen molar-refractivity contribution >= 4 is 23.1 Å². The first-order valence-corrected chi connectivity index (χ1v) is 8.22. The fourth-order valence-electron chi connectivity index (χ4n) is 2.41. The zero-order valence-electron chi connectivity index (χ0n) is 12.4. The van der Waals surface area contributed by atoms with Crippen LogP contribution >= 0.6 is 11.8 Å². The standard InChI is InChI=1S/C12H9NS.C5H10O4/c1-3-7-11-9(5-1)13-10-6-2-4-8-12(10)14-11;6-1-4-5(8)3(7)2-9-4/h1-8,13H;3-8H,1-2H2/t;3-,4+,5-/m.0/s1. The summed E-state index contributed by atoms with van der Waals surface area (Å²) in [6, 6.07) is 16.8. The molecule has 0 unspecified atom stereocenters. The van der Waals surface area contributed by atoms with Gasteiger partial charge in [0, 0.05) is 9.79 Å². The summed E-state index contributed by atoms with van der Waals surface area (Å²) in [6.45, 7) is -0.120. The highest BCUT2D eigenvalue weighted by molar-refractivity contribution is 7.99. The van der Waals surface area contributed by atoms with E-state index < -0.39 is 18.3 Å². The normalized spacial score (nSPS) is 24.7. The van der Waals surface area contributed by atoms with E-state index in [1.165, 1.54) is 21.2 Å². The van der Waals surface area contributed by atoms with Gasteiger partial charge < -0.3 is 25.4 Å². The van der Waals surface area contributed by atoms with Gasteiger partial charge in [-0.1, -0.05) is 36.0 Å². The Labute approximate surface area is 138 Å². The van der Waals surface area contributed by atoms with E-state index in [9.17, 15) is 0 Å². The van der Waals surface area contributed by atoms with Gasteiger partial charge in [-0.15, -0.1) is 0 Å². The van der Waals surface area contributed by atoms with E-state index >= 15 is 0 Å². The van der Waals surface area contributed by atoms with E-state index in [-0.39, 0.29) is 13.2 Å². The molecule has 2 heterocycles. The smallest absolute Gasteiger partial charge is 0.110 e. The van der Waals surface area contributed by atoms with E-state index in [0.29, 0.717) is 0 Å². The molecule has 0 saturated carbocycles. The summed E-state index contributed by atoms with van der Waals surface area (Å²) in [7, 11) is 0. The van der Waals surface area contributed by atoms with Crippen LogP contribution in [0.2, 0.25) is 0 Å². The molecule has 2 aliphatic rings. The predicted octanol–water partition coefficient (Wildman–Crippen LogP) is 1.99. The van der Waals surface area contributed by atoms with Crippen LogP contribution in [0.25, 0.3) is 0 Å². The van der Waals surface area contributed by atoms with Crippen molar-refractivity contribution < 1.29 is 20.1 Å². The van der Waals surface area contributed by atoms with Crippen molar-refractivity contribution in [3.63, 3.8) is 0 Å². The molecular weight excluding hydrogens is 314 g/mol. The van der Waals surface area contributed by atoms with Crippen molar-refractivity contribution in [3.8, 4) is 0 Å². The minimum Gasteiger partial charge on any atom is -0.394 e. The number of benzene rings is 2. The molecule has 2 aliphatic heterocycles. The van der Waals surface area contributed by atoms with Crippen LogP contribution < -0.4 is 5.32 Å². The van der Waals surface area contributed by atoms with Crippen LogP contribution in [0.15, 0.2) is 58.3 Å². The van der Waals surface area contributed by atoms with Crippen LogP contribution in [0.1, 0.15) is 0 Å². The Morgan fingerprint density at radius 1 is 1.00 bits per heavy atom. The lowest BCUT2D eigenvalue weighted by molar-refractivity contribution is -0.00588. The molecule has 3 atom stereocenters. The third-order valence-electron chi connectivity index (χ3n) is 3.70. The summed E-state index contributed by atoms with van der Waals surface area (Å²) in [6.07, 6.45) is -2.35. The molecule has 0 aromatic heterocycles. The summed E-state index contributed by atoms with van der Waals surface area (Å²) in [5.41, 5.74) is 2.41. The number of nitrogens with one attached hydrogen (secondary N) is 1. The number of aliphatic hydroxyl groups is 3. The number of hydrogen-bond acceptors (Lipinski definition) is 6. The second kappa shape index (κ2) is 7.33. The maximum atomic E-state index is 8.92. The van der Waals surface area contributed by atoms with Gasteiger partial charge in [0.05, 0.1) is 24.6 Å². The van der Waals surface area contributed by atoms with Crippen LogP contribution in [-0.4, -0.2) is 46.8 Å². The van der Waals surface area contributed by atoms with Gasteiger partial charge in [-0.2, -0.15) is 0 Å². The number of para-hydroxylation sites is 2. The average Bonchev–Trinajstić information content (AvgIpc) is 2.92. The molecule has 0 amide bonds. The SMILES string of the molecule is OC[C@H]1OC[C@H](O)[C@@H]1O.c1ccc2c(c1)Nc1ccccc1S2. The number of hydrogen-bond donors (Lipinski definition) is 4. The highest BCUT2D eigenvalue weighted by atomic mass is 32.2. The monoisotopic (exact) mass is 333 g/mol. The van der Waals surface area contributed by atoms with Gasteiger partial charge in [0.15, 0.2) is 0 Å². The van der Waals surface area contributed by atoms with E-state index in [2.05, 4.69) is 53.8 Å². The van der Waals surface area contributed by atoms with Crippen LogP contribution in [0, 0.1) is 0 Å². The van der Waals surface area contributed by atoms with Crippen LogP contribution in [0.4, 0.5) is 11.4 Å². The molecule has 122 valence electrons. The van der Waals surface area contributed by atoms with Crippen LogP contribution in [0.5, 0.6) is 0 Å². The largest absolute Gasteiger partial charge is 0.394 e. The zero-order chi connectivity index (χ0) is 16.2. The second-order valence-electron chi connectivity index (χ2n) is 5.33. The maximum Gasteiger partial charge on any atom is 0.110 e. The molecule has 0 radical (unpaired) electrons. The minimum absolute atomic E-state index is 0.117. The van der Waals surface area contributed by atoms with Crippen molar-refractivity contribution in [1.82, 2.24) is 0 Å². The third kappa shape index (κ3) is 3.68. The summed E-state index contributed by atoms with van der Waals surface area (Å²) in [5, 5.41) is 29.6. The minimum atomic E-state index is -0.921. The van der Waals surface area contributed by atoms with Crippen molar-refractivity contribution in [1.29, 1.82) is 0 Å². The molecule has 4 N–H and O–H groups in total. The summed E-state index contributed by atoms with van der Waals surface area (Å²) >= 11 is 1.82. The van der Waals surface area contributed by atoms with E-state index in [4.69, 9.17) is 20.1 Å². The predicted molar refractivity (Wildman–Crippen MR) is 89.1 cm³/mol. The molecule has 2 aromatic carbocycles. The first-order valence-electron chi connectivity index (χ1n) is 7.40. The number of ether oxygens (including phenoxy) is 1. The molecule has 0 aliphatic carbocycles. The Balaban J connectivity index is 0.000000151. The third-order valence-corrected chi connectivity index (χ3v) is 4.85. The fourth-order valence-corrected chi connectivity index (χ4v) is 3.40. The summed E-state index contributed by atoms with van der Waals surface area (Å²) in [4.78, 5) is 2.59. The highest BCUT2D eigenvalue weighted by Gasteiger charge is 2.33. The highest BCUT2D eigenvalue weighted by Crippen LogP contribution is 2.43. The number of fused-ring (bicyclic) bond motifs is 2.